The van der Waals surface area contributed by atoms with Crippen molar-refractivity contribution in [3.8, 4) is 0 Å². The largest absolute Gasteiger partial charge is 0.342 e. The van der Waals surface area contributed by atoms with E-state index in [0.29, 0.717) is 18.4 Å². The molecule has 0 unspecified atom stereocenters. The number of benzene rings is 1. The van der Waals surface area contributed by atoms with Crippen molar-refractivity contribution in [3.05, 3.63) is 35.4 Å². The Bertz CT molecular complexity index is 468. The van der Waals surface area contributed by atoms with Crippen molar-refractivity contribution in [2.24, 2.45) is 0 Å². The first kappa shape index (κ1) is 10.8. The molecule has 1 aromatic rings. The van der Waals surface area contributed by atoms with Crippen molar-refractivity contribution < 1.29 is 4.79 Å². The number of hydrogen-bond acceptors (Lipinski definition) is 1. The van der Waals surface area contributed by atoms with E-state index in [2.05, 4.69) is 31.2 Å². The zero-order chi connectivity index (χ0) is 12.0. The van der Waals surface area contributed by atoms with E-state index in [1.165, 1.54) is 11.1 Å². The average Bonchev–Trinajstić information content (AvgIpc) is 2.35. The summed E-state index contributed by atoms with van der Waals surface area (Å²) in [7, 11) is 1.97. The van der Waals surface area contributed by atoms with Crippen LogP contribution < -0.4 is 0 Å². The van der Waals surface area contributed by atoms with Gasteiger partial charge < -0.3 is 4.90 Å². The SMILES string of the molecule is CN1C(=O)CC[C@]2(C)c3ccccc3CC[C@H]12. The number of hydrogen-bond donors (Lipinski definition) is 0. The second-order valence-electron chi connectivity index (χ2n) is 5.63. The van der Waals surface area contributed by atoms with Gasteiger partial charge in [-0.05, 0) is 30.4 Å². The topological polar surface area (TPSA) is 20.3 Å². The molecule has 2 heteroatoms. The molecule has 2 aliphatic rings. The summed E-state index contributed by atoms with van der Waals surface area (Å²) in [5.41, 5.74) is 3.11. The minimum absolute atomic E-state index is 0.164. The molecule has 2 nitrogen and oxygen atoms in total. The summed E-state index contributed by atoms with van der Waals surface area (Å²) < 4.78 is 0. The Kier molecular flexibility index (Phi) is 2.29. The van der Waals surface area contributed by atoms with Gasteiger partial charge in [0.15, 0.2) is 0 Å². The van der Waals surface area contributed by atoms with Gasteiger partial charge in [0.25, 0.3) is 0 Å². The van der Waals surface area contributed by atoms with Crippen LogP contribution in [0.1, 0.15) is 37.3 Å². The highest BCUT2D eigenvalue weighted by Gasteiger charge is 2.46. The number of carbonyl (C=O) groups excluding carboxylic acids is 1. The molecule has 0 radical (unpaired) electrons. The van der Waals surface area contributed by atoms with Crippen molar-refractivity contribution in [3.63, 3.8) is 0 Å². The summed E-state index contributed by atoms with van der Waals surface area (Å²) in [6.07, 6.45) is 3.90. The lowest BCUT2D eigenvalue weighted by atomic mass is 9.63. The minimum Gasteiger partial charge on any atom is -0.342 e. The number of nitrogens with zero attached hydrogens (tertiary/aromatic N) is 1. The predicted molar refractivity (Wildman–Crippen MR) is 67.9 cm³/mol. The third kappa shape index (κ3) is 1.43. The van der Waals surface area contributed by atoms with E-state index < -0.39 is 0 Å². The molecule has 1 aromatic carbocycles. The van der Waals surface area contributed by atoms with Gasteiger partial charge in [-0.15, -0.1) is 0 Å². The van der Waals surface area contributed by atoms with Gasteiger partial charge in [0.2, 0.25) is 5.91 Å². The molecule has 0 saturated carbocycles. The third-order valence-electron chi connectivity index (χ3n) is 4.77. The average molecular weight is 229 g/mol. The molecule has 0 aromatic heterocycles. The Balaban J connectivity index is 2.09. The molecule has 0 spiro atoms. The van der Waals surface area contributed by atoms with Gasteiger partial charge in [-0.2, -0.15) is 0 Å². The zero-order valence-electron chi connectivity index (χ0n) is 10.6. The molecule has 1 aliphatic heterocycles. The van der Waals surface area contributed by atoms with E-state index in [1.54, 1.807) is 0 Å². The fourth-order valence-electron chi connectivity index (χ4n) is 3.72. The van der Waals surface area contributed by atoms with E-state index in [9.17, 15) is 4.79 Å². The van der Waals surface area contributed by atoms with Gasteiger partial charge in [0.1, 0.15) is 0 Å². The Labute approximate surface area is 103 Å². The molecule has 2 atom stereocenters. The first-order valence-electron chi connectivity index (χ1n) is 6.47. The number of likely N-dealkylation sites (N-methyl/N-ethyl adjacent to an activating group) is 1. The molecule has 1 aliphatic carbocycles. The van der Waals surface area contributed by atoms with E-state index in [1.807, 2.05) is 11.9 Å². The van der Waals surface area contributed by atoms with Crippen LogP contribution in [0.5, 0.6) is 0 Å². The van der Waals surface area contributed by atoms with Crippen LogP contribution in [0.4, 0.5) is 0 Å². The second kappa shape index (κ2) is 3.59. The minimum atomic E-state index is 0.164. The van der Waals surface area contributed by atoms with Crippen LogP contribution in [-0.4, -0.2) is 23.9 Å². The molecule has 17 heavy (non-hydrogen) atoms. The zero-order valence-corrected chi connectivity index (χ0v) is 10.6. The van der Waals surface area contributed by atoms with Gasteiger partial charge in [0.05, 0.1) is 0 Å². The number of rotatable bonds is 0. The number of carbonyl (C=O) groups is 1. The van der Waals surface area contributed by atoms with E-state index in [4.69, 9.17) is 0 Å². The molecule has 1 amide bonds. The van der Waals surface area contributed by atoms with Crippen LogP contribution >= 0.6 is 0 Å². The van der Waals surface area contributed by atoms with Crippen LogP contribution in [0.2, 0.25) is 0 Å². The first-order chi connectivity index (χ1) is 8.13. The fourth-order valence-corrected chi connectivity index (χ4v) is 3.72. The quantitative estimate of drug-likeness (QED) is 0.669. The molecule has 3 rings (SSSR count). The first-order valence-corrected chi connectivity index (χ1v) is 6.47. The molecule has 90 valence electrons. The van der Waals surface area contributed by atoms with Crippen molar-refractivity contribution in [2.45, 2.75) is 44.1 Å². The Morgan fingerprint density at radius 3 is 2.88 bits per heavy atom. The van der Waals surface area contributed by atoms with Crippen molar-refractivity contribution in [1.82, 2.24) is 4.90 Å². The standard InChI is InChI=1S/C15H19NO/c1-15-10-9-14(17)16(2)13(15)8-7-11-5-3-4-6-12(11)15/h3-6,13H,7-10H2,1-2H3/t13-,15+/m0/s1. The monoisotopic (exact) mass is 229 g/mol. The number of fused-ring (bicyclic) bond motifs is 3. The number of likely N-dealkylation sites (tertiary alicyclic amines) is 1. The van der Waals surface area contributed by atoms with Crippen molar-refractivity contribution in [2.75, 3.05) is 7.05 Å². The van der Waals surface area contributed by atoms with Crippen LogP contribution in [-0.2, 0) is 16.6 Å². The number of piperidine rings is 1. The smallest absolute Gasteiger partial charge is 0.222 e. The Hall–Kier alpha value is -1.31. The molecule has 0 N–H and O–H groups in total. The third-order valence-corrected chi connectivity index (χ3v) is 4.77. The molecule has 1 heterocycles. The van der Waals surface area contributed by atoms with Crippen LogP contribution in [0, 0.1) is 0 Å². The van der Waals surface area contributed by atoms with Crippen LogP contribution in [0.25, 0.3) is 0 Å². The van der Waals surface area contributed by atoms with Crippen molar-refractivity contribution >= 4 is 5.91 Å². The lowest BCUT2D eigenvalue weighted by molar-refractivity contribution is -0.138. The maximum absolute atomic E-state index is 11.8. The summed E-state index contributed by atoms with van der Waals surface area (Å²) in [5.74, 6) is 0.312. The molecular formula is C15H19NO. The highest BCUT2D eigenvalue weighted by Crippen LogP contribution is 2.45. The fraction of sp³-hybridized carbons (Fsp3) is 0.533. The summed E-state index contributed by atoms with van der Waals surface area (Å²) in [6.45, 7) is 2.33. The van der Waals surface area contributed by atoms with E-state index >= 15 is 0 Å². The summed E-state index contributed by atoms with van der Waals surface area (Å²) >= 11 is 0. The highest BCUT2D eigenvalue weighted by molar-refractivity contribution is 5.78. The Morgan fingerprint density at radius 1 is 1.29 bits per heavy atom. The van der Waals surface area contributed by atoms with E-state index in [-0.39, 0.29) is 5.41 Å². The lowest BCUT2D eigenvalue weighted by Gasteiger charge is -2.50. The van der Waals surface area contributed by atoms with Gasteiger partial charge >= 0.3 is 0 Å². The molecule has 1 fully saturated rings. The normalized spacial score (nSPS) is 32.0. The maximum Gasteiger partial charge on any atom is 0.222 e. The summed E-state index contributed by atoms with van der Waals surface area (Å²) in [5, 5.41) is 0. The van der Waals surface area contributed by atoms with Gasteiger partial charge in [0, 0.05) is 24.9 Å². The number of amides is 1. The van der Waals surface area contributed by atoms with Crippen molar-refractivity contribution in [1.29, 1.82) is 0 Å². The van der Waals surface area contributed by atoms with E-state index in [0.717, 1.165) is 19.3 Å². The maximum atomic E-state index is 11.8. The van der Waals surface area contributed by atoms with Gasteiger partial charge in [-0.1, -0.05) is 31.2 Å². The number of aryl methyl sites for hydroxylation is 1. The van der Waals surface area contributed by atoms with Gasteiger partial charge in [-0.3, -0.25) is 4.79 Å². The van der Waals surface area contributed by atoms with Crippen LogP contribution in [0.3, 0.4) is 0 Å². The molecule has 0 bridgehead atoms. The predicted octanol–water partition coefficient (Wildman–Crippen LogP) is 2.51. The summed E-state index contributed by atoms with van der Waals surface area (Å²) in [6, 6.07) is 9.14. The van der Waals surface area contributed by atoms with Crippen LogP contribution in [0.15, 0.2) is 24.3 Å². The highest BCUT2D eigenvalue weighted by atomic mass is 16.2. The Morgan fingerprint density at radius 2 is 2.06 bits per heavy atom. The van der Waals surface area contributed by atoms with Gasteiger partial charge in [-0.25, -0.2) is 0 Å². The second-order valence-corrected chi connectivity index (χ2v) is 5.63. The summed E-state index contributed by atoms with van der Waals surface area (Å²) in [4.78, 5) is 13.8. The molecular weight excluding hydrogens is 210 g/mol. The molecule has 1 saturated heterocycles. The lowest BCUT2D eigenvalue weighted by Crippen LogP contribution is -2.56.